The van der Waals surface area contributed by atoms with E-state index in [0.717, 1.165) is 24.8 Å². The van der Waals surface area contributed by atoms with Gasteiger partial charge in [0.25, 0.3) is 0 Å². The summed E-state index contributed by atoms with van der Waals surface area (Å²) in [7, 11) is 0. The maximum atomic E-state index is 9.47. The molecule has 1 saturated carbocycles. The molecule has 1 rings (SSSR count). The van der Waals surface area contributed by atoms with Gasteiger partial charge >= 0.3 is 0 Å². The first-order chi connectivity index (χ1) is 7.13. The van der Waals surface area contributed by atoms with Crippen molar-refractivity contribution in [1.29, 1.82) is 0 Å². The predicted octanol–water partition coefficient (Wildman–Crippen LogP) is 2.56. The van der Waals surface area contributed by atoms with Gasteiger partial charge in [-0.1, -0.05) is 20.8 Å². The number of hydrogen-bond donors (Lipinski definition) is 2. The van der Waals surface area contributed by atoms with Crippen molar-refractivity contribution in [3.8, 4) is 0 Å². The van der Waals surface area contributed by atoms with Crippen LogP contribution < -0.4 is 5.32 Å². The molecule has 0 amide bonds. The highest BCUT2D eigenvalue weighted by Gasteiger charge is 2.22. The van der Waals surface area contributed by atoms with Crippen molar-refractivity contribution in [3.05, 3.63) is 0 Å². The zero-order chi connectivity index (χ0) is 11.3. The lowest BCUT2D eigenvalue weighted by Gasteiger charge is -2.31. The lowest BCUT2D eigenvalue weighted by molar-refractivity contribution is 0.153. The molecule has 2 N–H and O–H groups in total. The van der Waals surface area contributed by atoms with Crippen molar-refractivity contribution in [2.24, 2.45) is 11.8 Å². The molecule has 1 unspecified atom stereocenters. The molecule has 0 radical (unpaired) electrons. The zero-order valence-corrected chi connectivity index (χ0v) is 10.5. The first kappa shape index (κ1) is 13.0. The molecule has 2 heteroatoms. The van der Waals surface area contributed by atoms with Gasteiger partial charge in [0, 0.05) is 12.6 Å². The van der Waals surface area contributed by atoms with E-state index in [0.29, 0.717) is 6.04 Å². The highest BCUT2D eigenvalue weighted by atomic mass is 16.3. The van der Waals surface area contributed by atoms with Gasteiger partial charge in [-0.15, -0.1) is 0 Å². The Morgan fingerprint density at radius 1 is 1.20 bits per heavy atom. The van der Waals surface area contributed by atoms with E-state index in [-0.39, 0.29) is 6.10 Å². The first-order valence-electron chi connectivity index (χ1n) is 6.55. The molecule has 0 saturated heterocycles. The van der Waals surface area contributed by atoms with Crippen LogP contribution in [0, 0.1) is 11.8 Å². The minimum Gasteiger partial charge on any atom is -0.392 e. The molecule has 90 valence electrons. The Morgan fingerprint density at radius 3 is 2.27 bits per heavy atom. The average Bonchev–Trinajstić information content (AvgIpc) is 2.26. The number of aliphatic hydroxyl groups is 1. The Labute approximate surface area is 94.5 Å². The van der Waals surface area contributed by atoms with Gasteiger partial charge in [-0.25, -0.2) is 0 Å². The fraction of sp³-hybridized carbons (Fsp3) is 1.00. The van der Waals surface area contributed by atoms with Crippen LogP contribution >= 0.6 is 0 Å². The quantitative estimate of drug-likeness (QED) is 0.735. The Kier molecular flexibility index (Phi) is 5.62. The molecule has 0 spiro atoms. The number of rotatable bonds is 5. The van der Waals surface area contributed by atoms with E-state index in [4.69, 9.17) is 0 Å². The standard InChI is InChI=1S/C13H27NO/c1-4-13(15)9-14-12-7-5-11(6-8-12)10(2)3/h10-15H,4-9H2,1-3H3. The second-order valence-corrected chi connectivity index (χ2v) is 5.33. The van der Waals surface area contributed by atoms with Gasteiger partial charge in [0.05, 0.1) is 6.10 Å². The van der Waals surface area contributed by atoms with Gasteiger partial charge in [0.15, 0.2) is 0 Å². The van der Waals surface area contributed by atoms with Crippen LogP contribution in [0.5, 0.6) is 0 Å². The van der Waals surface area contributed by atoms with Gasteiger partial charge in [-0.3, -0.25) is 0 Å². The Bertz CT molecular complexity index is 162. The SMILES string of the molecule is CCC(O)CNC1CCC(C(C)C)CC1. The minimum atomic E-state index is -0.159. The number of nitrogens with one attached hydrogen (secondary N) is 1. The molecule has 1 atom stereocenters. The largest absolute Gasteiger partial charge is 0.392 e. The summed E-state index contributed by atoms with van der Waals surface area (Å²) in [4.78, 5) is 0. The molecule has 1 aliphatic rings. The van der Waals surface area contributed by atoms with Gasteiger partial charge in [0.1, 0.15) is 0 Å². The van der Waals surface area contributed by atoms with Gasteiger partial charge < -0.3 is 10.4 Å². The molecule has 1 aliphatic carbocycles. The average molecular weight is 213 g/mol. The minimum absolute atomic E-state index is 0.159. The van der Waals surface area contributed by atoms with Crippen molar-refractivity contribution in [3.63, 3.8) is 0 Å². The molecule has 1 fully saturated rings. The fourth-order valence-corrected chi connectivity index (χ4v) is 2.44. The van der Waals surface area contributed by atoms with Gasteiger partial charge in [0.2, 0.25) is 0 Å². The van der Waals surface area contributed by atoms with E-state index in [2.05, 4.69) is 19.2 Å². The van der Waals surface area contributed by atoms with Crippen LogP contribution in [0.4, 0.5) is 0 Å². The van der Waals surface area contributed by atoms with Gasteiger partial charge in [-0.2, -0.15) is 0 Å². The molecule has 0 bridgehead atoms. The molecule has 0 aromatic carbocycles. The Hall–Kier alpha value is -0.0800. The number of hydrogen-bond acceptors (Lipinski definition) is 2. The van der Waals surface area contributed by atoms with E-state index in [1.165, 1.54) is 25.7 Å². The highest BCUT2D eigenvalue weighted by molar-refractivity contribution is 4.79. The topological polar surface area (TPSA) is 32.3 Å². The molecule has 0 aromatic heterocycles. The summed E-state index contributed by atoms with van der Waals surface area (Å²) in [6, 6.07) is 0.654. The molecular formula is C13H27NO. The fourth-order valence-electron chi connectivity index (χ4n) is 2.44. The van der Waals surface area contributed by atoms with Crippen molar-refractivity contribution in [2.45, 2.75) is 65.0 Å². The summed E-state index contributed by atoms with van der Waals surface area (Å²) in [5.41, 5.74) is 0. The number of aliphatic hydroxyl groups excluding tert-OH is 1. The summed E-state index contributed by atoms with van der Waals surface area (Å²) in [6.07, 6.45) is 6.00. The second-order valence-electron chi connectivity index (χ2n) is 5.33. The van der Waals surface area contributed by atoms with Gasteiger partial charge in [-0.05, 0) is 43.9 Å². The highest BCUT2D eigenvalue weighted by Crippen LogP contribution is 2.29. The third kappa shape index (κ3) is 4.52. The second kappa shape index (κ2) is 6.49. The van der Waals surface area contributed by atoms with E-state index >= 15 is 0 Å². The predicted molar refractivity (Wildman–Crippen MR) is 64.9 cm³/mol. The van der Waals surface area contributed by atoms with Crippen molar-refractivity contribution >= 4 is 0 Å². The summed E-state index contributed by atoms with van der Waals surface area (Å²) >= 11 is 0. The zero-order valence-electron chi connectivity index (χ0n) is 10.5. The molecule has 15 heavy (non-hydrogen) atoms. The lowest BCUT2D eigenvalue weighted by Crippen LogP contribution is -2.38. The Morgan fingerprint density at radius 2 is 1.80 bits per heavy atom. The normalized spacial score (nSPS) is 29.4. The first-order valence-corrected chi connectivity index (χ1v) is 6.55. The summed E-state index contributed by atoms with van der Waals surface area (Å²) in [6.45, 7) is 7.47. The maximum absolute atomic E-state index is 9.47. The maximum Gasteiger partial charge on any atom is 0.0662 e. The van der Waals surface area contributed by atoms with Crippen LogP contribution in [-0.4, -0.2) is 23.8 Å². The van der Waals surface area contributed by atoms with Crippen LogP contribution in [0.3, 0.4) is 0 Å². The third-order valence-corrected chi connectivity index (χ3v) is 3.83. The van der Waals surface area contributed by atoms with E-state index in [1.807, 2.05) is 6.92 Å². The molecular weight excluding hydrogens is 186 g/mol. The summed E-state index contributed by atoms with van der Waals surface area (Å²) in [5.74, 6) is 1.77. The van der Waals surface area contributed by atoms with Crippen molar-refractivity contribution in [1.82, 2.24) is 5.32 Å². The Balaban J connectivity index is 2.14. The van der Waals surface area contributed by atoms with E-state index < -0.39 is 0 Å². The molecule has 0 aliphatic heterocycles. The van der Waals surface area contributed by atoms with Crippen LogP contribution in [0.25, 0.3) is 0 Å². The summed E-state index contributed by atoms with van der Waals surface area (Å²) < 4.78 is 0. The van der Waals surface area contributed by atoms with E-state index in [9.17, 15) is 5.11 Å². The van der Waals surface area contributed by atoms with Crippen molar-refractivity contribution < 1.29 is 5.11 Å². The monoisotopic (exact) mass is 213 g/mol. The van der Waals surface area contributed by atoms with Crippen LogP contribution in [-0.2, 0) is 0 Å². The van der Waals surface area contributed by atoms with Crippen LogP contribution in [0.15, 0.2) is 0 Å². The summed E-state index contributed by atoms with van der Waals surface area (Å²) in [5, 5.41) is 12.9. The molecule has 0 heterocycles. The molecule has 2 nitrogen and oxygen atoms in total. The lowest BCUT2D eigenvalue weighted by atomic mass is 9.80. The van der Waals surface area contributed by atoms with Crippen LogP contribution in [0.1, 0.15) is 52.9 Å². The van der Waals surface area contributed by atoms with E-state index in [1.54, 1.807) is 0 Å². The third-order valence-electron chi connectivity index (χ3n) is 3.83. The smallest absolute Gasteiger partial charge is 0.0662 e. The van der Waals surface area contributed by atoms with Crippen molar-refractivity contribution in [2.75, 3.05) is 6.54 Å². The molecule has 0 aromatic rings. The van der Waals surface area contributed by atoms with Crippen LogP contribution in [0.2, 0.25) is 0 Å².